The number of nitrogens with zero attached hydrogens (tertiary/aromatic N) is 6. The summed E-state index contributed by atoms with van der Waals surface area (Å²) < 4.78 is 1.78. The molecule has 2 aromatic heterocycles. The van der Waals surface area contributed by atoms with E-state index in [9.17, 15) is 0 Å². The second kappa shape index (κ2) is 5.55. The molecule has 2 aromatic rings. The molecule has 1 aliphatic heterocycles. The van der Waals surface area contributed by atoms with Crippen LogP contribution in [0.1, 0.15) is 40.0 Å². The lowest BCUT2D eigenvalue weighted by molar-refractivity contribution is 0.364. The normalized spacial score (nSPS) is 20.1. The zero-order valence-electron chi connectivity index (χ0n) is 13.0. The third-order valence-electron chi connectivity index (χ3n) is 3.88. The molecule has 1 atom stereocenters. The van der Waals surface area contributed by atoms with E-state index < -0.39 is 0 Å². The van der Waals surface area contributed by atoms with Gasteiger partial charge in [0.25, 0.3) is 0 Å². The lowest BCUT2D eigenvalue weighted by atomic mass is 10.0. The van der Waals surface area contributed by atoms with E-state index in [4.69, 9.17) is 0 Å². The van der Waals surface area contributed by atoms with Gasteiger partial charge >= 0.3 is 0 Å². The van der Waals surface area contributed by atoms with E-state index in [0.717, 1.165) is 18.9 Å². The third-order valence-corrected chi connectivity index (χ3v) is 3.88. The predicted octanol–water partition coefficient (Wildman–Crippen LogP) is 1.27. The summed E-state index contributed by atoms with van der Waals surface area (Å²) in [4.78, 5) is 6.67. The summed E-state index contributed by atoms with van der Waals surface area (Å²) in [6, 6.07) is 0.453. The van der Waals surface area contributed by atoms with Gasteiger partial charge in [-0.2, -0.15) is 4.52 Å². The molecular formula is C14H23N7. The molecule has 114 valence electrons. The number of hydrogen-bond acceptors (Lipinski definition) is 6. The fraction of sp³-hybridized carbons (Fsp3) is 0.714. The van der Waals surface area contributed by atoms with Crippen molar-refractivity contribution >= 4 is 11.5 Å². The maximum Gasteiger partial charge on any atom is 0.199 e. The summed E-state index contributed by atoms with van der Waals surface area (Å²) in [5, 5.41) is 15.4. The smallest absolute Gasteiger partial charge is 0.199 e. The van der Waals surface area contributed by atoms with Crippen LogP contribution in [0, 0.1) is 0 Å². The fourth-order valence-corrected chi connectivity index (χ4v) is 2.80. The fourth-order valence-electron chi connectivity index (χ4n) is 2.80. The quantitative estimate of drug-likeness (QED) is 0.917. The Morgan fingerprint density at radius 1 is 1.29 bits per heavy atom. The molecule has 0 saturated carbocycles. The van der Waals surface area contributed by atoms with E-state index in [0.29, 0.717) is 11.7 Å². The highest BCUT2D eigenvalue weighted by Crippen LogP contribution is 2.24. The molecule has 0 amide bonds. The first-order valence-electron chi connectivity index (χ1n) is 7.58. The van der Waals surface area contributed by atoms with Crippen LogP contribution in [0.15, 0.2) is 12.4 Å². The van der Waals surface area contributed by atoms with Crippen molar-refractivity contribution in [3.8, 4) is 0 Å². The number of fused-ring (bicyclic) bond motifs is 1. The Labute approximate surface area is 124 Å². The summed E-state index contributed by atoms with van der Waals surface area (Å²) >= 11 is 0. The molecule has 7 heteroatoms. The van der Waals surface area contributed by atoms with Crippen LogP contribution in [0.2, 0.25) is 0 Å². The number of piperidine rings is 1. The minimum absolute atomic E-state index is 0.127. The Morgan fingerprint density at radius 2 is 2.14 bits per heavy atom. The summed E-state index contributed by atoms with van der Waals surface area (Å²) in [5.41, 5.74) is 0.822. The van der Waals surface area contributed by atoms with Crippen molar-refractivity contribution in [3.63, 3.8) is 0 Å². The van der Waals surface area contributed by atoms with Crippen molar-refractivity contribution in [2.24, 2.45) is 0 Å². The topological polar surface area (TPSA) is 71.2 Å². The average Bonchev–Trinajstić information content (AvgIpc) is 2.93. The number of aromatic nitrogens is 5. The van der Waals surface area contributed by atoms with E-state index in [1.807, 2.05) is 6.20 Å². The van der Waals surface area contributed by atoms with E-state index >= 15 is 0 Å². The van der Waals surface area contributed by atoms with Crippen molar-refractivity contribution in [2.75, 3.05) is 18.0 Å². The molecule has 0 spiro atoms. The highest BCUT2D eigenvalue weighted by atomic mass is 15.5. The van der Waals surface area contributed by atoms with E-state index in [2.05, 4.69) is 51.5 Å². The second-order valence-electron chi connectivity index (χ2n) is 6.69. The Bertz CT molecular complexity index is 601. The van der Waals surface area contributed by atoms with Gasteiger partial charge in [-0.05, 0) is 50.5 Å². The molecule has 1 N–H and O–H groups in total. The number of nitrogens with one attached hydrogen (secondary N) is 1. The maximum atomic E-state index is 4.28. The van der Waals surface area contributed by atoms with Crippen LogP contribution in [-0.2, 0) is 0 Å². The molecule has 21 heavy (non-hydrogen) atoms. The number of rotatable bonds is 3. The predicted molar refractivity (Wildman–Crippen MR) is 81.3 cm³/mol. The van der Waals surface area contributed by atoms with Gasteiger partial charge in [0.2, 0.25) is 0 Å². The third kappa shape index (κ3) is 3.12. The molecule has 0 bridgehead atoms. The molecule has 7 nitrogen and oxygen atoms in total. The molecule has 0 aromatic carbocycles. The Hall–Kier alpha value is -1.76. The van der Waals surface area contributed by atoms with E-state index in [-0.39, 0.29) is 5.54 Å². The number of hydrogen-bond donors (Lipinski definition) is 1. The van der Waals surface area contributed by atoms with Gasteiger partial charge in [0.1, 0.15) is 0 Å². The van der Waals surface area contributed by atoms with Gasteiger partial charge in [-0.3, -0.25) is 4.98 Å². The van der Waals surface area contributed by atoms with Gasteiger partial charge in [0.05, 0.1) is 12.4 Å². The van der Waals surface area contributed by atoms with Gasteiger partial charge < -0.3 is 10.2 Å². The lowest BCUT2D eigenvalue weighted by Gasteiger charge is -2.38. The van der Waals surface area contributed by atoms with Crippen LogP contribution < -0.4 is 10.2 Å². The van der Waals surface area contributed by atoms with Gasteiger partial charge in [-0.15, -0.1) is 5.10 Å². The summed E-state index contributed by atoms with van der Waals surface area (Å²) in [5.74, 6) is 0.984. The van der Waals surface area contributed by atoms with Gasteiger partial charge in [-0.25, -0.2) is 0 Å². The van der Waals surface area contributed by atoms with Crippen molar-refractivity contribution in [3.05, 3.63) is 12.4 Å². The standard InChI is InChI=1S/C14H23N7/c1-14(2,3)16-8-11-6-4-5-7-20(11)13-10-15-9-12-17-18-19-21(12)13/h9-11,16H,4-8H2,1-3H3. The van der Waals surface area contributed by atoms with Gasteiger partial charge in [0.15, 0.2) is 11.5 Å². The molecule has 1 unspecified atom stereocenters. The van der Waals surface area contributed by atoms with Crippen LogP contribution in [-0.4, -0.2) is 49.7 Å². The molecule has 3 heterocycles. The molecule has 1 fully saturated rings. The van der Waals surface area contributed by atoms with Gasteiger partial charge in [-0.1, -0.05) is 0 Å². The van der Waals surface area contributed by atoms with E-state index in [1.54, 1.807) is 10.7 Å². The first kappa shape index (κ1) is 14.2. The Morgan fingerprint density at radius 3 is 2.95 bits per heavy atom. The molecule has 1 aliphatic rings. The molecule has 3 rings (SSSR count). The van der Waals surface area contributed by atoms with Crippen LogP contribution in [0.3, 0.4) is 0 Å². The van der Waals surface area contributed by atoms with Crippen molar-refractivity contribution < 1.29 is 0 Å². The number of anilines is 1. The summed E-state index contributed by atoms with van der Waals surface area (Å²) in [6.45, 7) is 8.58. The highest BCUT2D eigenvalue weighted by Gasteiger charge is 2.26. The first-order chi connectivity index (χ1) is 10.0. The zero-order chi connectivity index (χ0) is 14.9. The van der Waals surface area contributed by atoms with Crippen LogP contribution in [0.5, 0.6) is 0 Å². The minimum atomic E-state index is 0.127. The Kier molecular flexibility index (Phi) is 3.75. The summed E-state index contributed by atoms with van der Waals surface area (Å²) in [6.07, 6.45) is 7.20. The van der Waals surface area contributed by atoms with Crippen molar-refractivity contribution in [2.45, 2.75) is 51.6 Å². The highest BCUT2D eigenvalue weighted by molar-refractivity contribution is 5.47. The van der Waals surface area contributed by atoms with Crippen LogP contribution >= 0.6 is 0 Å². The number of tetrazole rings is 1. The summed E-state index contributed by atoms with van der Waals surface area (Å²) in [7, 11) is 0. The zero-order valence-corrected chi connectivity index (χ0v) is 13.0. The largest absolute Gasteiger partial charge is 0.351 e. The maximum absolute atomic E-state index is 4.28. The SMILES string of the molecule is CC(C)(C)NCC1CCCCN1c1cncc2nnnn12. The van der Waals surface area contributed by atoms with Crippen LogP contribution in [0.4, 0.5) is 5.82 Å². The molecular weight excluding hydrogens is 266 g/mol. The minimum Gasteiger partial charge on any atom is -0.351 e. The molecule has 0 radical (unpaired) electrons. The van der Waals surface area contributed by atoms with E-state index in [1.165, 1.54) is 19.3 Å². The lowest BCUT2D eigenvalue weighted by Crippen LogP contribution is -2.50. The second-order valence-corrected chi connectivity index (χ2v) is 6.69. The van der Waals surface area contributed by atoms with Crippen molar-refractivity contribution in [1.29, 1.82) is 0 Å². The van der Waals surface area contributed by atoms with Gasteiger partial charge in [0, 0.05) is 24.7 Å². The monoisotopic (exact) mass is 289 g/mol. The van der Waals surface area contributed by atoms with Crippen molar-refractivity contribution in [1.82, 2.24) is 30.3 Å². The first-order valence-corrected chi connectivity index (χ1v) is 7.58. The average molecular weight is 289 g/mol. The Balaban J connectivity index is 1.85. The molecule has 0 aliphatic carbocycles. The van der Waals surface area contributed by atoms with Crippen LogP contribution in [0.25, 0.3) is 5.65 Å². The molecule has 1 saturated heterocycles.